The molecule has 1 aromatic carbocycles. The molecule has 2 aromatic rings. The van der Waals surface area contributed by atoms with E-state index in [0.717, 1.165) is 12.2 Å². The fourth-order valence-electron chi connectivity index (χ4n) is 1.98. The van der Waals surface area contributed by atoms with E-state index in [1.54, 1.807) is 11.3 Å². The van der Waals surface area contributed by atoms with Crippen molar-refractivity contribution in [1.29, 1.82) is 0 Å². The maximum absolute atomic E-state index is 5.81. The van der Waals surface area contributed by atoms with Crippen molar-refractivity contribution in [2.24, 2.45) is 5.73 Å². The van der Waals surface area contributed by atoms with Gasteiger partial charge in [-0.15, -0.1) is 11.3 Å². The second kappa shape index (κ2) is 5.50. The molecule has 1 heterocycles. The molecule has 0 fully saturated rings. The summed E-state index contributed by atoms with van der Waals surface area (Å²) in [5.41, 5.74) is 12.5. The Bertz CT molecular complexity index is 534. The Balaban J connectivity index is 2.25. The molecule has 2 rings (SSSR count). The van der Waals surface area contributed by atoms with Crippen LogP contribution in [0.4, 0.5) is 5.69 Å². The van der Waals surface area contributed by atoms with Gasteiger partial charge in [0.2, 0.25) is 0 Å². The summed E-state index contributed by atoms with van der Waals surface area (Å²) in [7, 11) is 2.10. The fraction of sp³-hybridized carbons (Fsp3) is 0.357. The lowest BCUT2D eigenvalue weighted by Crippen LogP contribution is -2.19. The molecule has 0 bridgehead atoms. The quantitative estimate of drug-likeness (QED) is 0.920. The number of hydrogen-bond acceptors (Lipinski definition) is 4. The second-order valence-corrected chi connectivity index (χ2v) is 5.49. The fourth-order valence-corrected chi connectivity index (χ4v) is 2.81. The molecular formula is C14H19N3S. The Labute approximate surface area is 112 Å². The molecule has 4 heteroatoms. The van der Waals surface area contributed by atoms with Crippen molar-refractivity contribution in [3.8, 4) is 0 Å². The molecule has 0 spiro atoms. The molecule has 1 aromatic heterocycles. The number of rotatable bonds is 4. The molecule has 0 saturated heterocycles. The third kappa shape index (κ3) is 2.71. The van der Waals surface area contributed by atoms with Crippen LogP contribution < -0.4 is 10.6 Å². The van der Waals surface area contributed by atoms with E-state index >= 15 is 0 Å². The van der Waals surface area contributed by atoms with Gasteiger partial charge >= 0.3 is 0 Å². The third-order valence-electron chi connectivity index (χ3n) is 3.10. The van der Waals surface area contributed by atoms with Gasteiger partial charge in [-0.3, -0.25) is 0 Å². The minimum atomic E-state index is 0.571. The van der Waals surface area contributed by atoms with Gasteiger partial charge < -0.3 is 10.6 Å². The van der Waals surface area contributed by atoms with E-state index in [1.165, 1.54) is 21.7 Å². The Hall–Kier alpha value is -1.39. The van der Waals surface area contributed by atoms with Crippen molar-refractivity contribution in [2.75, 3.05) is 11.9 Å². The van der Waals surface area contributed by atoms with Crippen molar-refractivity contribution in [3.63, 3.8) is 0 Å². The Morgan fingerprint density at radius 2 is 2.11 bits per heavy atom. The van der Waals surface area contributed by atoms with Crippen molar-refractivity contribution < 1.29 is 0 Å². The zero-order chi connectivity index (χ0) is 13.1. The van der Waals surface area contributed by atoms with E-state index in [9.17, 15) is 0 Å². The normalized spacial score (nSPS) is 10.7. The maximum Gasteiger partial charge on any atom is 0.0798 e. The zero-order valence-corrected chi connectivity index (χ0v) is 11.9. The highest BCUT2D eigenvalue weighted by molar-refractivity contribution is 7.09. The average molecular weight is 261 g/mol. The largest absolute Gasteiger partial charge is 0.369 e. The molecule has 3 nitrogen and oxygen atoms in total. The van der Waals surface area contributed by atoms with Crippen LogP contribution in [-0.2, 0) is 13.1 Å². The van der Waals surface area contributed by atoms with Gasteiger partial charge in [0, 0.05) is 24.2 Å². The molecule has 96 valence electrons. The van der Waals surface area contributed by atoms with Gasteiger partial charge in [-0.05, 0) is 31.0 Å². The Morgan fingerprint density at radius 1 is 1.33 bits per heavy atom. The summed E-state index contributed by atoms with van der Waals surface area (Å²) in [4.78, 5) is 7.84. The SMILES string of the molecule is Cc1ccc(CN)c(N(C)Cc2scnc2C)c1. The van der Waals surface area contributed by atoms with Crippen LogP contribution in [0.1, 0.15) is 21.7 Å². The molecule has 18 heavy (non-hydrogen) atoms. The Kier molecular flexibility index (Phi) is 3.99. The molecular weight excluding hydrogens is 242 g/mol. The van der Waals surface area contributed by atoms with Gasteiger partial charge in [0.25, 0.3) is 0 Å². The summed E-state index contributed by atoms with van der Waals surface area (Å²) in [5, 5.41) is 0. The number of hydrogen-bond donors (Lipinski definition) is 1. The van der Waals surface area contributed by atoms with Crippen LogP contribution >= 0.6 is 11.3 Å². The summed E-state index contributed by atoms with van der Waals surface area (Å²) in [6.07, 6.45) is 0. The van der Waals surface area contributed by atoms with Gasteiger partial charge in [-0.2, -0.15) is 0 Å². The summed E-state index contributed by atoms with van der Waals surface area (Å²) in [6, 6.07) is 6.41. The van der Waals surface area contributed by atoms with Crippen LogP contribution in [0.5, 0.6) is 0 Å². The van der Waals surface area contributed by atoms with E-state index in [2.05, 4.69) is 49.0 Å². The smallest absolute Gasteiger partial charge is 0.0798 e. The number of thiazole rings is 1. The molecule has 0 aliphatic carbocycles. The summed E-state index contributed by atoms with van der Waals surface area (Å²) in [6.45, 7) is 5.62. The van der Waals surface area contributed by atoms with Gasteiger partial charge in [0.1, 0.15) is 0 Å². The lowest BCUT2D eigenvalue weighted by atomic mass is 10.1. The first-order valence-corrected chi connectivity index (χ1v) is 6.89. The number of anilines is 1. The molecule has 2 N–H and O–H groups in total. The highest BCUT2D eigenvalue weighted by atomic mass is 32.1. The molecule has 0 amide bonds. The number of nitrogens with zero attached hydrogens (tertiary/aromatic N) is 2. The van der Waals surface area contributed by atoms with Crippen molar-refractivity contribution in [2.45, 2.75) is 26.9 Å². The van der Waals surface area contributed by atoms with Gasteiger partial charge in [0.15, 0.2) is 0 Å². The summed E-state index contributed by atoms with van der Waals surface area (Å²) >= 11 is 1.71. The minimum absolute atomic E-state index is 0.571. The van der Waals surface area contributed by atoms with Gasteiger partial charge in [0.05, 0.1) is 17.7 Å². The zero-order valence-electron chi connectivity index (χ0n) is 11.1. The van der Waals surface area contributed by atoms with E-state index in [-0.39, 0.29) is 0 Å². The second-order valence-electron chi connectivity index (χ2n) is 4.55. The standard InChI is InChI=1S/C14H19N3S/c1-10-4-5-12(7-15)13(6-10)17(3)8-14-11(2)16-9-18-14/h4-6,9H,7-8,15H2,1-3H3. The predicted octanol–water partition coefficient (Wildman–Crippen LogP) is 2.86. The number of benzene rings is 1. The van der Waals surface area contributed by atoms with Gasteiger partial charge in [-0.25, -0.2) is 4.98 Å². The van der Waals surface area contributed by atoms with E-state index in [0.29, 0.717) is 6.54 Å². The molecule has 0 aliphatic heterocycles. The Morgan fingerprint density at radius 3 is 2.72 bits per heavy atom. The predicted molar refractivity (Wildman–Crippen MR) is 78.0 cm³/mol. The molecule has 0 saturated carbocycles. The minimum Gasteiger partial charge on any atom is -0.369 e. The van der Waals surface area contributed by atoms with Gasteiger partial charge in [-0.1, -0.05) is 12.1 Å². The summed E-state index contributed by atoms with van der Waals surface area (Å²) in [5.74, 6) is 0. The van der Waals surface area contributed by atoms with Crippen LogP contribution in [-0.4, -0.2) is 12.0 Å². The van der Waals surface area contributed by atoms with E-state index < -0.39 is 0 Å². The monoisotopic (exact) mass is 261 g/mol. The number of nitrogens with two attached hydrogens (primary N) is 1. The van der Waals surface area contributed by atoms with Crippen LogP contribution in [0.3, 0.4) is 0 Å². The number of aromatic nitrogens is 1. The van der Waals surface area contributed by atoms with Crippen LogP contribution in [0.15, 0.2) is 23.7 Å². The van der Waals surface area contributed by atoms with E-state index in [1.807, 2.05) is 5.51 Å². The molecule has 0 unspecified atom stereocenters. The van der Waals surface area contributed by atoms with Crippen molar-refractivity contribution in [1.82, 2.24) is 4.98 Å². The van der Waals surface area contributed by atoms with Crippen LogP contribution in [0, 0.1) is 13.8 Å². The van der Waals surface area contributed by atoms with Crippen LogP contribution in [0.25, 0.3) is 0 Å². The first-order chi connectivity index (χ1) is 8.61. The maximum atomic E-state index is 5.81. The molecule has 0 radical (unpaired) electrons. The lowest BCUT2D eigenvalue weighted by Gasteiger charge is -2.22. The highest BCUT2D eigenvalue weighted by Gasteiger charge is 2.10. The first kappa shape index (κ1) is 13.1. The first-order valence-electron chi connectivity index (χ1n) is 6.01. The molecule has 0 atom stereocenters. The molecule has 0 aliphatic rings. The third-order valence-corrected chi connectivity index (χ3v) is 4.02. The summed E-state index contributed by atoms with van der Waals surface area (Å²) < 4.78 is 0. The topological polar surface area (TPSA) is 42.1 Å². The van der Waals surface area contributed by atoms with Crippen molar-refractivity contribution >= 4 is 17.0 Å². The van der Waals surface area contributed by atoms with Crippen molar-refractivity contribution in [3.05, 3.63) is 45.4 Å². The highest BCUT2D eigenvalue weighted by Crippen LogP contribution is 2.24. The van der Waals surface area contributed by atoms with E-state index in [4.69, 9.17) is 5.73 Å². The lowest BCUT2D eigenvalue weighted by molar-refractivity contribution is 0.905. The van der Waals surface area contributed by atoms with Crippen LogP contribution in [0.2, 0.25) is 0 Å². The average Bonchev–Trinajstić information content (AvgIpc) is 2.75. The number of aryl methyl sites for hydroxylation is 2.